The molecule has 0 aliphatic carbocycles. The number of hydrogen-bond donors (Lipinski definition) is 3. The van der Waals surface area contributed by atoms with E-state index >= 15 is 0 Å². The topological polar surface area (TPSA) is 74.6 Å². The van der Waals surface area contributed by atoms with Crippen molar-refractivity contribution in [2.45, 2.75) is 6.10 Å². The van der Waals surface area contributed by atoms with Crippen molar-refractivity contribution in [1.82, 2.24) is 4.98 Å². The van der Waals surface area contributed by atoms with Crippen LogP contribution in [0, 0.1) is 0 Å². The number of nitrogens with one attached hydrogen (secondary N) is 1. The van der Waals surface area contributed by atoms with E-state index < -0.39 is 6.10 Å². The van der Waals surface area contributed by atoms with Gasteiger partial charge in [-0.05, 0) is 30.3 Å². The van der Waals surface area contributed by atoms with E-state index in [1.165, 1.54) is 0 Å². The van der Waals surface area contributed by atoms with Crippen LogP contribution in [0.4, 0.5) is 5.69 Å². The summed E-state index contributed by atoms with van der Waals surface area (Å²) in [4.78, 5) is 4.00. The Labute approximate surface area is 111 Å². The third kappa shape index (κ3) is 4.48. The van der Waals surface area contributed by atoms with E-state index in [2.05, 4.69) is 10.3 Å². The Morgan fingerprint density at radius 3 is 2.63 bits per heavy atom. The highest BCUT2D eigenvalue weighted by Gasteiger charge is 2.05. The second kappa shape index (κ2) is 6.61. The molecular formula is C14H16N2O3. The summed E-state index contributed by atoms with van der Waals surface area (Å²) >= 11 is 0. The minimum atomic E-state index is -0.643. The van der Waals surface area contributed by atoms with Gasteiger partial charge in [0.25, 0.3) is 0 Å². The highest BCUT2D eigenvalue weighted by atomic mass is 16.5. The summed E-state index contributed by atoms with van der Waals surface area (Å²) in [5.41, 5.74) is 0.828. The third-order valence-corrected chi connectivity index (χ3v) is 2.47. The van der Waals surface area contributed by atoms with E-state index in [0.717, 1.165) is 5.69 Å². The molecule has 0 spiro atoms. The molecule has 3 N–H and O–H groups in total. The lowest BCUT2D eigenvalue weighted by Gasteiger charge is -2.13. The van der Waals surface area contributed by atoms with Crippen molar-refractivity contribution < 1.29 is 14.9 Å². The fourth-order valence-electron chi connectivity index (χ4n) is 1.49. The van der Waals surface area contributed by atoms with Gasteiger partial charge in [-0.3, -0.25) is 0 Å². The number of anilines is 1. The van der Waals surface area contributed by atoms with Gasteiger partial charge in [-0.1, -0.05) is 6.07 Å². The van der Waals surface area contributed by atoms with Crippen molar-refractivity contribution in [3.05, 3.63) is 48.7 Å². The standard InChI is InChI=1S/C14H16N2O3/c17-12-6-4-11(5-7-12)16-9-13(18)10-19-14-3-1-2-8-15-14/h1-8,13,16-18H,9-10H2. The Kier molecular flexibility index (Phi) is 4.58. The molecule has 2 rings (SSSR count). The zero-order valence-corrected chi connectivity index (χ0v) is 10.4. The monoisotopic (exact) mass is 260 g/mol. The Morgan fingerprint density at radius 1 is 1.16 bits per heavy atom. The summed E-state index contributed by atoms with van der Waals surface area (Å²) in [5.74, 6) is 0.704. The number of aliphatic hydroxyl groups is 1. The van der Waals surface area contributed by atoms with Gasteiger partial charge in [-0.2, -0.15) is 0 Å². The maximum atomic E-state index is 9.76. The molecule has 100 valence electrons. The number of phenolic OH excluding ortho intramolecular Hbond substituents is 1. The predicted molar refractivity (Wildman–Crippen MR) is 72.3 cm³/mol. The summed E-state index contributed by atoms with van der Waals surface area (Å²) < 4.78 is 5.33. The summed E-state index contributed by atoms with van der Waals surface area (Å²) in [6.07, 6.45) is 0.993. The van der Waals surface area contributed by atoms with Crippen LogP contribution < -0.4 is 10.1 Å². The quantitative estimate of drug-likeness (QED) is 0.688. The molecule has 1 aromatic carbocycles. The molecule has 1 atom stereocenters. The highest BCUT2D eigenvalue weighted by Crippen LogP contribution is 2.13. The van der Waals surface area contributed by atoms with Gasteiger partial charge >= 0.3 is 0 Å². The van der Waals surface area contributed by atoms with E-state index in [1.54, 1.807) is 42.6 Å². The maximum Gasteiger partial charge on any atom is 0.213 e. The molecule has 1 unspecified atom stereocenters. The molecule has 2 aromatic rings. The van der Waals surface area contributed by atoms with Gasteiger partial charge in [0.2, 0.25) is 5.88 Å². The van der Waals surface area contributed by atoms with Crippen LogP contribution in [0.15, 0.2) is 48.7 Å². The summed E-state index contributed by atoms with van der Waals surface area (Å²) in [5, 5.41) is 21.9. The first-order valence-corrected chi connectivity index (χ1v) is 5.99. The van der Waals surface area contributed by atoms with E-state index in [-0.39, 0.29) is 12.4 Å². The molecule has 5 heteroatoms. The number of ether oxygens (including phenoxy) is 1. The second-order valence-corrected chi connectivity index (χ2v) is 4.06. The number of pyridine rings is 1. The number of aliphatic hydroxyl groups excluding tert-OH is 1. The largest absolute Gasteiger partial charge is 0.508 e. The molecule has 19 heavy (non-hydrogen) atoms. The number of hydrogen-bond acceptors (Lipinski definition) is 5. The van der Waals surface area contributed by atoms with E-state index in [0.29, 0.717) is 12.4 Å². The van der Waals surface area contributed by atoms with Gasteiger partial charge in [0, 0.05) is 24.5 Å². The third-order valence-electron chi connectivity index (χ3n) is 2.47. The van der Waals surface area contributed by atoms with Crippen molar-refractivity contribution in [1.29, 1.82) is 0 Å². The van der Waals surface area contributed by atoms with Crippen LogP contribution in [0.2, 0.25) is 0 Å². The maximum absolute atomic E-state index is 9.76. The molecule has 0 amide bonds. The fraction of sp³-hybridized carbons (Fsp3) is 0.214. The Morgan fingerprint density at radius 2 is 1.95 bits per heavy atom. The van der Waals surface area contributed by atoms with E-state index in [4.69, 9.17) is 9.84 Å². The lowest BCUT2D eigenvalue weighted by molar-refractivity contribution is 0.115. The van der Waals surface area contributed by atoms with Crippen LogP contribution in [-0.4, -0.2) is 34.5 Å². The van der Waals surface area contributed by atoms with E-state index in [9.17, 15) is 5.11 Å². The number of benzene rings is 1. The molecule has 5 nitrogen and oxygen atoms in total. The van der Waals surface area contributed by atoms with Crippen LogP contribution >= 0.6 is 0 Å². The molecule has 0 saturated carbocycles. The Bertz CT molecular complexity index is 488. The molecule has 0 aliphatic heterocycles. The average molecular weight is 260 g/mol. The van der Waals surface area contributed by atoms with Crippen LogP contribution in [0.3, 0.4) is 0 Å². The first-order valence-electron chi connectivity index (χ1n) is 5.99. The number of phenols is 1. The predicted octanol–water partition coefficient (Wildman–Crippen LogP) is 1.64. The molecule has 0 fully saturated rings. The lowest BCUT2D eigenvalue weighted by atomic mass is 10.3. The van der Waals surface area contributed by atoms with Crippen molar-refractivity contribution in [3.8, 4) is 11.6 Å². The smallest absolute Gasteiger partial charge is 0.213 e. The molecule has 1 aromatic heterocycles. The first-order chi connectivity index (χ1) is 9.24. The lowest BCUT2D eigenvalue weighted by Crippen LogP contribution is -2.26. The van der Waals surface area contributed by atoms with Crippen molar-refractivity contribution in [2.75, 3.05) is 18.5 Å². The number of rotatable bonds is 6. The summed E-state index contributed by atoms with van der Waals surface area (Å²) in [7, 11) is 0. The number of aromatic nitrogens is 1. The van der Waals surface area contributed by atoms with Crippen LogP contribution in [0.1, 0.15) is 0 Å². The Hall–Kier alpha value is -2.27. The average Bonchev–Trinajstić information content (AvgIpc) is 2.45. The molecule has 1 heterocycles. The molecule has 0 saturated heterocycles. The molecule has 0 bridgehead atoms. The van der Waals surface area contributed by atoms with Crippen LogP contribution in [-0.2, 0) is 0 Å². The van der Waals surface area contributed by atoms with E-state index in [1.807, 2.05) is 6.07 Å². The van der Waals surface area contributed by atoms with Gasteiger partial charge in [-0.15, -0.1) is 0 Å². The molecule has 0 aliphatic rings. The van der Waals surface area contributed by atoms with Crippen LogP contribution in [0.25, 0.3) is 0 Å². The minimum Gasteiger partial charge on any atom is -0.508 e. The molecular weight excluding hydrogens is 244 g/mol. The zero-order valence-electron chi connectivity index (χ0n) is 10.4. The number of nitrogens with zero attached hydrogens (tertiary/aromatic N) is 1. The van der Waals surface area contributed by atoms with Gasteiger partial charge < -0.3 is 20.3 Å². The van der Waals surface area contributed by atoms with Gasteiger partial charge in [0.1, 0.15) is 18.5 Å². The Balaban J connectivity index is 1.72. The normalized spacial score (nSPS) is 11.8. The van der Waals surface area contributed by atoms with Gasteiger partial charge in [0.05, 0.1) is 0 Å². The van der Waals surface area contributed by atoms with Crippen molar-refractivity contribution >= 4 is 5.69 Å². The number of aromatic hydroxyl groups is 1. The fourth-order valence-corrected chi connectivity index (χ4v) is 1.49. The minimum absolute atomic E-state index is 0.169. The zero-order chi connectivity index (χ0) is 13.5. The molecule has 0 radical (unpaired) electrons. The summed E-state index contributed by atoms with van der Waals surface area (Å²) in [6, 6.07) is 12.0. The van der Waals surface area contributed by atoms with Gasteiger partial charge in [-0.25, -0.2) is 4.98 Å². The van der Waals surface area contributed by atoms with Crippen molar-refractivity contribution in [2.24, 2.45) is 0 Å². The van der Waals surface area contributed by atoms with Crippen LogP contribution in [0.5, 0.6) is 11.6 Å². The first kappa shape index (κ1) is 13.2. The SMILES string of the molecule is Oc1ccc(NCC(O)COc2ccccn2)cc1. The second-order valence-electron chi connectivity index (χ2n) is 4.06. The van der Waals surface area contributed by atoms with Crippen molar-refractivity contribution in [3.63, 3.8) is 0 Å². The van der Waals surface area contributed by atoms with Gasteiger partial charge in [0.15, 0.2) is 0 Å². The summed E-state index contributed by atoms with van der Waals surface area (Å²) in [6.45, 7) is 0.527. The highest BCUT2D eigenvalue weighted by molar-refractivity contribution is 5.45.